The van der Waals surface area contributed by atoms with E-state index in [4.69, 9.17) is 16.3 Å². The van der Waals surface area contributed by atoms with E-state index in [0.29, 0.717) is 22.9 Å². The van der Waals surface area contributed by atoms with Crippen molar-refractivity contribution in [3.8, 4) is 5.75 Å². The average Bonchev–Trinajstić information content (AvgIpc) is 2.47. The Morgan fingerprint density at radius 3 is 2.35 bits per heavy atom. The number of aryl methyl sites for hydroxylation is 3. The maximum absolute atomic E-state index is 12.4. The fraction of sp³-hybridized carbons (Fsp3) is 0.316. The molecule has 4 heteroatoms. The number of rotatable bonds is 5. The fourth-order valence-corrected chi connectivity index (χ4v) is 2.56. The summed E-state index contributed by atoms with van der Waals surface area (Å²) in [5.41, 5.74) is 3.87. The van der Waals surface area contributed by atoms with E-state index in [9.17, 15) is 4.79 Å². The molecule has 0 aromatic heterocycles. The first kappa shape index (κ1) is 17.4. The van der Waals surface area contributed by atoms with Crippen LogP contribution in [-0.4, -0.2) is 12.0 Å². The number of nitrogens with one attached hydrogen (secondary N) is 1. The zero-order valence-corrected chi connectivity index (χ0v) is 14.7. The molecule has 23 heavy (non-hydrogen) atoms. The minimum absolute atomic E-state index is 0.174. The number of hydrogen-bond acceptors (Lipinski definition) is 2. The number of halogens is 1. The molecule has 2 aromatic rings. The SMILES string of the molecule is CC[C@H](Oc1cc(C)cc(C)c1)C(=O)Nc1ccc(C)c(Cl)c1. The molecular weight excluding hydrogens is 310 g/mol. The van der Waals surface area contributed by atoms with Crippen LogP contribution in [0.15, 0.2) is 36.4 Å². The second-order valence-electron chi connectivity index (χ2n) is 5.79. The summed E-state index contributed by atoms with van der Waals surface area (Å²) in [5.74, 6) is 0.540. The molecule has 0 unspecified atom stereocenters. The van der Waals surface area contributed by atoms with Gasteiger partial charge < -0.3 is 10.1 Å². The number of benzene rings is 2. The van der Waals surface area contributed by atoms with Gasteiger partial charge in [-0.1, -0.05) is 30.7 Å². The molecule has 1 amide bonds. The Bertz CT molecular complexity index is 692. The molecular formula is C19H22ClNO2. The van der Waals surface area contributed by atoms with Crippen molar-refractivity contribution in [3.63, 3.8) is 0 Å². The molecule has 0 heterocycles. The van der Waals surface area contributed by atoms with Gasteiger partial charge >= 0.3 is 0 Å². The lowest BCUT2D eigenvalue weighted by Gasteiger charge is -2.18. The summed E-state index contributed by atoms with van der Waals surface area (Å²) in [7, 11) is 0. The Kier molecular flexibility index (Phi) is 5.67. The average molecular weight is 332 g/mol. The van der Waals surface area contributed by atoms with Crippen molar-refractivity contribution in [3.05, 3.63) is 58.1 Å². The van der Waals surface area contributed by atoms with Crippen molar-refractivity contribution in [2.24, 2.45) is 0 Å². The van der Waals surface area contributed by atoms with E-state index in [1.165, 1.54) is 0 Å². The number of anilines is 1. The Hall–Kier alpha value is -2.00. The molecule has 2 aromatic carbocycles. The largest absolute Gasteiger partial charge is 0.481 e. The lowest BCUT2D eigenvalue weighted by molar-refractivity contribution is -0.122. The number of carbonyl (C=O) groups excluding carboxylic acids is 1. The normalized spacial score (nSPS) is 11.9. The van der Waals surface area contributed by atoms with Gasteiger partial charge in [0.15, 0.2) is 6.10 Å². The lowest BCUT2D eigenvalue weighted by atomic mass is 10.1. The van der Waals surface area contributed by atoms with Crippen molar-refractivity contribution in [2.45, 2.75) is 40.2 Å². The predicted molar refractivity (Wildman–Crippen MR) is 95.4 cm³/mol. The summed E-state index contributed by atoms with van der Waals surface area (Å²) in [5, 5.41) is 3.49. The standard InChI is InChI=1S/C19H22ClNO2/c1-5-18(23-16-9-12(2)8-13(3)10-16)19(22)21-15-7-6-14(4)17(20)11-15/h6-11,18H,5H2,1-4H3,(H,21,22)/t18-/m0/s1. The molecule has 1 N–H and O–H groups in total. The van der Waals surface area contributed by atoms with Gasteiger partial charge in [0, 0.05) is 10.7 Å². The van der Waals surface area contributed by atoms with Crippen LogP contribution in [0.3, 0.4) is 0 Å². The molecule has 3 nitrogen and oxygen atoms in total. The molecule has 0 saturated heterocycles. The van der Waals surface area contributed by atoms with E-state index >= 15 is 0 Å². The van der Waals surface area contributed by atoms with Crippen molar-refractivity contribution in [1.29, 1.82) is 0 Å². The molecule has 0 aliphatic carbocycles. The van der Waals surface area contributed by atoms with Crippen molar-refractivity contribution < 1.29 is 9.53 Å². The van der Waals surface area contributed by atoms with Crippen LogP contribution >= 0.6 is 11.6 Å². The summed E-state index contributed by atoms with van der Waals surface area (Å²) in [6.45, 7) is 7.87. The molecule has 2 rings (SSSR count). The van der Waals surface area contributed by atoms with Crippen molar-refractivity contribution >= 4 is 23.2 Å². The predicted octanol–water partition coefficient (Wildman–Crippen LogP) is 5.06. The van der Waals surface area contributed by atoms with Crippen LogP contribution < -0.4 is 10.1 Å². The van der Waals surface area contributed by atoms with Gasteiger partial charge in [-0.05, 0) is 68.1 Å². The molecule has 1 atom stereocenters. The highest BCUT2D eigenvalue weighted by molar-refractivity contribution is 6.31. The first-order valence-corrected chi connectivity index (χ1v) is 8.09. The topological polar surface area (TPSA) is 38.3 Å². The van der Waals surface area contributed by atoms with Crippen LogP contribution in [0.2, 0.25) is 5.02 Å². The Labute approximate surface area is 142 Å². The molecule has 122 valence electrons. The van der Waals surface area contributed by atoms with Gasteiger partial charge in [-0.2, -0.15) is 0 Å². The van der Waals surface area contributed by atoms with E-state index < -0.39 is 6.10 Å². The first-order chi connectivity index (χ1) is 10.9. The Morgan fingerprint density at radius 2 is 1.78 bits per heavy atom. The molecule has 0 radical (unpaired) electrons. The van der Waals surface area contributed by atoms with E-state index in [-0.39, 0.29) is 5.91 Å². The van der Waals surface area contributed by atoms with Crippen LogP contribution in [-0.2, 0) is 4.79 Å². The third-order valence-corrected chi connectivity index (χ3v) is 3.98. The number of carbonyl (C=O) groups is 1. The fourth-order valence-electron chi connectivity index (χ4n) is 2.38. The summed E-state index contributed by atoms with van der Waals surface area (Å²) in [6, 6.07) is 11.4. The maximum atomic E-state index is 12.4. The molecule has 0 aliphatic rings. The van der Waals surface area contributed by atoms with Gasteiger partial charge in [-0.15, -0.1) is 0 Å². The quantitative estimate of drug-likeness (QED) is 0.831. The summed E-state index contributed by atoms with van der Waals surface area (Å²) in [4.78, 5) is 12.4. The Balaban J connectivity index is 2.10. The van der Waals surface area contributed by atoms with Crippen LogP contribution in [0.5, 0.6) is 5.75 Å². The third-order valence-electron chi connectivity index (χ3n) is 3.58. The lowest BCUT2D eigenvalue weighted by Crippen LogP contribution is -2.32. The van der Waals surface area contributed by atoms with Gasteiger partial charge in [0.2, 0.25) is 0 Å². The zero-order chi connectivity index (χ0) is 17.0. The van der Waals surface area contributed by atoms with Gasteiger partial charge in [-0.3, -0.25) is 4.79 Å². The smallest absolute Gasteiger partial charge is 0.265 e. The van der Waals surface area contributed by atoms with Crippen LogP contribution in [0.1, 0.15) is 30.0 Å². The van der Waals surface area contributed by atoms with Crippen LogP contribution in [0.25, 0.3) is 0 Å². The minimum Gasteiger partial charge on any atom is -0.481 e. The van der Waals surface area contributed by atoms with E-state index in [0.717, 1.165) is 16.7 Å². The van der Waals surface area contributed by atoms with Gasteiger partial charge in [0.05, 0.1) is 0 Å². The highest BCUT2D eigenvalue weighted by Crippen LogP contribution is 2.22. The highest BCUT2D eigenvalue weighted by Gasteiger charge is 2.19. The van der Waals surface area contributed by atoms with Crippen molar-refractivity contribution in [2.75, 3.05) is 5.32 Å². The minimum atomic E-state index is -0.545. The first-order valence-electron chi connectivity index (χ1n) is 7.71. The molecule has 0 bridgehead atoms. The summed E-state index contributed by atoms with van der Waals surface area (Å²) >= 11 is 6.09. The second kappa shape index (κ2) is 7.51. The highest BCUT2D eigenvalue weighted by atomic mass is 35.5. The van der Waals surface area contributed by atoms with E-state index in [1.807, 2.05) is 52.0 Å². The second-order valence-corrected chi connectivity index (χ2v) is 6.20. The summed E-state index contributed by atoms with van der Waals surface area (Å²) < 4.78 is 5.87. The third kappa shape index (κ3) is 4.73. The number of amides is 1. The van der Waals surface area contributed by atoms with Gasteiger partial charge in [-0.25, -0.2) is 0 Å². The van der Waals surface area contributed by atoms with Crippen molar-refractivity contribution in [1.82, 2.24) is 0 Å². The molecule has 0 fully saturated rings. The monoisotopic (exact) mass is 331 g/mol. The number of hydrogen-bond donors (Lipinski definition) is 1. The van der Waals surface area contributed by atoms with Crippen LogP contribution in [0.4, 0.5) is 5.69 Å². The molecule has 0 aliphatic heterocycles. The van der Waals surface area contributed by atoms with Gasteiger partial charge in [0.1, 0.15) is 5.75 Å². The van der Waals surface area contributed by atoms with Gasteiger partial charge in [0.25, 0.3) is 5.91 Å². The molecule has 0 spiro atoms. The maximum Gasteiger partial charge on any atom is 0.265 e. The summed E-state index contributed by atoms with van der Waals surface area (Å²) in [6.07, 6.45) is 0.0366. The zero-order valence-electron chi connectivity index (χ0n) is 13.9. The molecule has 0 saturated carbocycles. The Morgan fingerprint density at radius 1 is 1.13 bits per heavy atom. The van der Waals surface area contributed by atoms with E-state index in [1.54, 1.807) is 6.07 Å². The van der Waals surface area contributed by atoms with Crippen LogP contribution in [0, 0.1) is 20.8 Å². The number of ether oxygens (including phenoxy) is 1. The van der Waals surface area contributed by atoms with E-state index in [2.05, 4.69) is 11.4 Å².